The minimum absolute atomic E-state index is 0.00431. The van der Waals surface area contributed by atoms with Gasteiger partial charge in [-0.1, -0.05) is 30.3 Å². The Kier molecular flexibility index (Phi) is 5.70. The molecule has 0 atom stereocenters. The molecule has 25 heavy (non-hydrogen) atoms. The average molecular weight is 333 g/mol. The van der Waals surface area contributed by atoms with Gasteiger partial charge < -0.3 is 10.6 Å². The van der Waals surface area contributed by atoms with E-state index in [0.717, 1.165) is 11.1 Å². The van der Waals surface area contributed by atoms with E-state index in [1.54, 1.807) is 31.3 Å². The summed E-state index contributed by atoms with van der Waals surface area (Å²) in [5.74, 6) is -0.654. The van der Waals surface area contributed by atoms with E-state index in [-0.39, 0.29) is 11.5 Å². The van der Waals surface area contributed by atoms with Gasteiger partial charge in [0.2, 0.25) is 0 Å². The van der Waals surface area contributed by atoms with Crippen molar-refractivity contribution in [1.29, 1.82) is 5.26 Å². The van der Waals surface area contributed by atoms with Gasteiger partial charge in [-0.3, -0.25) is 9.59 Å². The molecule has 0 fully saturated rings. The van der Waals surface area contributed by atoms with Crippen LogP contribution in [0.2, 0.25) is 0 Å². The van der Waals surface area contributed by atoms with E-state index in [1.807, 2.05) is 38.1 Å². The maximum atomic E-state index is 12.4. The van der Waals surface area contributed by atoms with Gasteiger partial charge in [0.15, 0.2) is 0 Å². The lowest BCUT2D eigenvalue weighted by atomic mass is 10.1. The number of carbonyl (C=O) groups is 2. The molecule has 2 amide bonds. The Morgan fingerprint density at radius 3 is 2.16 bits per heavy atom. The summed E-state index contributed by atoms with van der Waals surface area (Å²) in [7, 11) is 1.56. The summed E-state index contributed by atoms with van der Waals surface area (Å²) in [5, 5.41) is 14.6. The summed E-state index contributed by atoms with van der Waals surface area (Å²) >= 11 is 0. The van der Waals surface area contributed by atoms with E-state index in [2.05, 4.69) is 10.6 Å². The highest BCUT2D eigenvalue weighted by molar-refractivity contribution is 6.10. The maximum absolute atomic E-state index is 12.4. The van der Waals surface area contributed by atoms with Crippen LogP contribution in [0.4, 0.5) is 5.69 Å². The number of benzene rings is 2. The molecule has 0 unspecified atom stereocenters. The minimum Gasteiger partial charge on any atom is -0.355 e. The zero-order valence-electron chi connectivity index (χ0n) is 14.4. The fourth-order valence-corrected chi connectivity index (χ4v) is 2.38. The molecule has 0 aliphatic carbocycles. The number of nitrogens with zero attached hydrogens (tertiary/aromatic N) is 1. The number of para-hydroxylation sites is 1. The third-order valence-electron chi connectivity index (χ3n) is 3.80. The molecule has 0 saturated heterocycles. The molecule has 2 rings (SSSR count). The maximum Gasteiger partial charge on any atom is 0.266 e. The number of nitrogens with one attached hydrogen (secondary N) is 2. The first-order valence-corrected chi connectivity index (χ1v) is 7.77. The summed E-state index contributed by atoms with van der Waals surface area (Å²) in [6, 6.07) is 14.3. The summed E-state index contributed by atoms with van der Waals surface area (Å²) in [5.41, 5.74) is 3.75. The molecule has 0 bridgehead atoms. The van der Waals surface area contributed by atoms with Crippen LogP contribution < -0.4 is 10.6 Å². The second-order valence-electron chi connectivity index (χ2n) is 5.59. The number of amides is 2. The molecule has 0 spiro atoms. The number of rotatable bonds is 4. The topological polar surface area (TPSA) is 82.0 Å². The zero-order valence-corrected chi connectivity index (χ0v) is 14.4. The Morgan fingerprint density at radius 1 is 1.04 bits per heavy atom. The fourth-order valence-electron chi connectivity index (χ4n) is 2.38. The van der Waals surface area contributed by atoms with Gasteiger partial charge in [0.05, 0.1) is 0 Å². The van der Waals surface area contributed by atoms with Crippen LogP contribution in [0.15, 0.2) is 48.0 Å². The van der Waals surface area contributed by atoms with Crippen molar-refractivity contribution < 1.29 is 9.59 Å². The summed E-state index contributed by atoms with van der Waals surface area (Å²) in [4.78, 5) is 23.9. The monoisotopic (exact) mass is 333 g/mol. The SMILES string of the molecule is CNC(=O)c1ccc(C=C(C#N)C(=O)Nc2c(C)cccc2C)cc1. The third-order valence-corrected chi connectivity index (χ3v) is 3.80. The van der Waals surface area contributed by atoms with Crippen molar-refractivity contribution in [2.45, 2.75) is 13.8 Å². The predicted molar refractivity (Wildman–Crippen MR) is 98.0 cm³/mol. The van der Waals surface area contributed by atoms with Crippen LogP contribution in [0.1, 0.15) is 27.0 Å². The molecule has 0 aliphatic heterocycles. The quantitative estimate of drug-likeness (QED) is 0.666. The molecule has 2 aromatic rings. The van der Waals surface area contributed by atoms with Gasteiger partial charge in [-0.05, 0) is 48.7 Å². The van der Waals surface area contributed by atoms with Gasteiger partial charge in [-0.25, -0.2) is 0 Å². The van der Waals surface area contributed by atoms with Crippen LogP contribution in [0.5, 0.6) is 0 Å². The van der Waals surface area contributed by atoms with Crippen LogP contribution in [0, 0.1) is 25.2 Å². The number of hydrogen-bond acceptors (Lipinski definition) is 3. The average Bonchev–Trinajstić information content (AvgIpc) is 2.62. The highest BCUT2D eigenvalue weighted by Crippen LogP contribution is 2.20. The molecule has 5 heteroatoms. The number of anilines is 1. The van der Waals surface area contributed by atoms with Crippen molar-refractivity contribution in [3.8, 4) is 6.07 Å². The molecular formula is C20H19N3O2. The van der Waals surface area contributed by atoms with Crippen molar-refractivity contribution in [1.82, 2.24) is 5.32 Å². The van der Waals surface area contributed by atoms with E-state index in [1.165, 1.54) is 6.08 Å². The number of aryl methyl sites for hydroxylation is 2. The predicted octanol–water partition coefficient (Wildman–Crippen LogP) is 3.21. The highest BCUT2D eigenvalue weighted by Gasteiger charge is 2.12. The lowest BCUT2D eigenvalue weighted by Gasteiger charge is -2.10. The lowest BCUT2D eigenvalue weighted by molar-refractivity contribution is -0.112. The zero-order chi connectivity index (χ0) is 18.4. The van der Waals surface area contributed by atoms with E-state index in [0.29, 0.717) is 16.8 Å². The third kappa shape index (κ3) is 4.33. The summed E-state index contributed by atoms with van der Waals surface area (Å²) in [6.45, 7) is 3.80. The van der Waals surface area contributed by atoms with Crippen molar-refractivity contribution >= 4 is 23.6 Å². The Morgan fingerprint density at radius 2 is 1.64 bits per heavy atom. The molecule has 0 saturated carbocycles. The highest BCUT2D eigenvalue weighted by atomic mass is 16.2. The van der Waals surface area contributed by atoms with Crippen LogP contribution in [0.25, 0.3) is 6.08 Å². The first kappa shape index (κ1) is 18.0. The van der Waals surface area contributed by atoms with Crippen LogP contribution in [0.3, 0.4) is 0 Å². The van der Waals surface area contributed by atoms with Crippen molar-refractivity contribution in [2.75, 3.05) is 12.4 Å². The van der Waals surface area contributed by atoms with Crippen molar-refractivity contribution in [3.63, 3.8) is 0 Å². The van der Waals surface area contributed by atoms with Gasteiger partial charge in [0.25, 0.3) is 11.8 Å². The van der Waals surface area contributed by atoms with Gasteiger partial charge >= 0.3 is 0 Å². The summed E-state index contributed by atoms with van der Waals surface area (Å²) < 4.78 is 0. The van der Waals surface area contributed by atoms with Crippen LogP contribution in [-0.4, -0.2) is 18.9 Å². The van der Waals surface area contributed by atoms with Crippen LogP contribution >= 0.6 is 0 Å². The molecule has 0 heterocycles. The van der Waals surface area contributed by atoms with Crippen molar-refractivity contribution in [2.24, 2.45) is 0 Å². The van der Waals surface area contributed by atoms with Gasteiger partial charge in [0.1, 0.15) is 11.6 Å². The van der Waals surface area contributed by atoms with E-state index in [9.17, 15) is 14.9 Å². The number of hydrogen-bond donors (Lipinski definition) is 2. The molecule has 126 valence electrons. The fraction of sp³-hybridized carbons (Fsp3) is 0.150. The van der Waals surface area contributed by atoms with Crippen LogP contribution in [-0.2, 0) is 4.79 Å². The Balaban J connectivity index is 2.24. The Hall–Kier alpha value is -3.39. The summed E-state index contributed by atoms with van der Waals surface area (Å²) in [6.07, 6.45) is 1.50. The molecule has 0 radical (unpaired) electrons. The largest absolute Gasteiger partial charge is 0.355 e. The minimum atomic E-state index is -0.463. The van der Waals surface area contributed by atoms with Gasteiger partial charge in [-0.2, -0.15) is 5.26 Å². The molecule has 0 aliphatic rings. The van der Waals surface area contributed by atoms with E-state index >= 15 is 0 Å². The van der Waals surface area contributed by atoms with Gasteiger partial charge in [0, 0.05) is 18.3 Å². The van der Waals surface area contributed by atoms with Crippen molar-refractivity contribution in [3.05, 3.63) is 70.3 Å². The first-order chi connectivity index (χ1) is 12.0. The number of nitriles is 1. The number of carbonyl (C=O) groups excluding carboxylic acids is 2. The second kappa shape index (κ2) is 7.93. The molecule has 2 aromatic carbocycles. The second-order valence-corrected chi connectivity index (χ2v) is 5.59. The normalized spacial score (nSPS) is 10.7. The van der Waals surface area contributed by atoms with E-state index in [4.69, 9.17) is 0 Å². The first-order valence-electron chi connectivity index (χ1n) is 7.77. The standard InChI is InChI=1S/C20H19N3O2/c1-13-5-4-6-14(2)18(13)23-20(25)17(12-21)11-15-7-9-16(10-8-15)19(24)22-3/h4-11H,1-3H3,(H,22,24)(H,23,25). The Labute approximate surface area is 147 Å². The molecule has 0 aromatic heterocycles. The molecule has 5 nitrogen and oxygen atoms in total. The van der Waals surface area contributed by atoms with E-state index < -0.39 is 5.91 Å². The lowest BCUT2D eigenvalue weighted by Crippen LogP contribution is -2.17. The smallest absolute Gasteiger partial charge is 0.266 e. The Bertz CT molecular complexity index is 855. The molecular weight excluding hydrogens is 314 g/mol. The van der Waals surface area contributed by atoms with Gasteiger partial charge in [-0.15, -0.1) is 0 Å². The molecule has 2 N–H and O–H groups in total.